The summed E-state index contributed by atoms with van der Waals surface area (Å²) in [5.74, 6) is 1.33. The summed E-state index contributed by atoms with van der Waals surface area (Å²) in [4.78, 5) is 28.6. The molecule has 154 valence electrons. The largest absolute Gasteiger partial charge is 0.482 e. The van der Waals surface area contributed by atoms with E-state index in [9.17, 15) is 9.59 Å². The average molecular weight is 407 g/mol. The SMILES string of the molecule is CC(C)(C)c1cc(NC(=O)c2cccnc2Nc2ccc3c(c2)NC(=O)CO3)no1. The van der Waals surface area contributed by atoms with Gasteiger partial charge in [0.25, 0.3) is 11.8 Å². The van der Waals surface area contributed by atoms with Crippen LogP contribution in [-0.2, 0) is 10.2 Å². The molecule has 2 aromatic heterocycles. The van der Waals surface area contributed by atoms with Crippen LogP contribution in [0.3, 0.4) is 0 Å². The van der Waals surface area contributed by atoms with Gasteiger partial charge in [-0.1, -0.05) is 25.9 Å². The maximum absolute atomic E-state index is 12.8. The topological polar surface area (TPSA) is 118 Å². The highest BCUT2D eigenvalue weighted by Gasteiger charge is 2.22. The van der Waals surface area contributed by atoms with E-state index >= 15 is 0 Å². The number of hydrogen-bond acceptors (Lipinski definition) is 7. The van der Waals surface area contributed by atoms with E-state index in [4.69, 9.17) is 9.26 Å². The number of rotatable bonds is 4. The number of aromatic nitrogens is 2. The van der Waals surface area contributed by atoms with E-state index < -0.39 is 0 Å². The fraction of sp³-hybridized carbons (Fsp3) is 0.238. The van der Waals surface area contributed by atoms with E-state index in [-0.39, 0.29) is 23.8 Å². The van der Waals surface area contributed by atoms with E-state index in [2.05, 4.69) is 26.1 Å². The van der Waals surface area contributed by atoms with Crippen molar-refractivity contribution in [1.82, 2.24) is 10.1 Å². The first-order valence-electron chi connectivity index (χ1n) is 9.37. The molecule has 1 aliphatic heterocycles. The summed E-state index contributed by atoms with van der Waals surface area (Å²) in [7, 11) is 0. The molecule has 9 nitrogen and oxygen atoms in total. The third-order valence-electron chi connectivity index (χ3n) is 4.42. The van der Waals surface area contributed by atoms with Gasteiger partial charge in [0.2, 0.25) is 0 Å². The van der Waals surface area contributed by atoms with E-state index in [1.165, 1.54) is 0 Å². The molecular weight excluding hydrogens is 386 g/mol. The zero-order valence-electron chi connectivity index (χ0n) is 16.8. The first-order valence-corrected chi connectivity index (χ1v) is 9.37. The monoisotopic (exact) mass is 407 g/mol. The third kappa shape index (κ3) is 4.09. The average Bonchev–Trinajstić information content (AvgIpc) is 3.17. The van der Waals surface area contributed by atoms with E-state index in [1.807, 2.05) is 20.8 Å². The van der Waals surface area contributed by atoms with Crippen LogP contribution in [0.15, 0.2) is 47.1 Å². The summed E-state index contributed by atoms with van der Waals surface area (Å²) in [6.45, 7) is 5.97. The third-order valence-corrected chi connectivity index (χ3v) is 4.42. The number of nitrogens with zero attached hydrogens (tertiary/aromatic N) is 2. The second kappa shape index (κ2) is 7.51. The molecule has 0 radical (unpaired) electrons. The van der Waals surface area contributed by atoms with Crippen molar-refractivity contribution in [3.05, 3.63) is 53.9 Å². The lowest BCUT2D eigenvalue weighted by Gasteiger charge is -2.19. The Hall–Kier alpha value is -3.88. The molecule has 4 rings (SSSR count). The van der Waals surface area contributed by atoms with Crippen molar-refractivity contribution >= 4 is 34.8 Å². The summed E-state index contributed by atoms with van der Waals surface area (Å²) < 4.78 is 10.7. The van der Waals surface area contributed by atoms with Gasteiger partial charge in [-0.15, -0.1) is 0 Å². The fourth-order valence-electron chi connectivity index (χ4n) is 2.86. The van der Waals surface area contributed by atoms with Crippen LogP contribution in [-0.4, -0.2) is 28.6 Å². The lowest BCUT2D eigenvalue weighted by molar-refractivity contribution is -0.118. The Balaban J connectivity index is 1.54. The van der Waals surface area contributed by atoms with Gasteiger partial charge in [-0.05, 0) is 30.3 Å². The molecule has 0 atom stereocenters. The molecule has 9 heteroatoms. The van der Waals surface area contributed by atoms with Gasteiger partial charge in [0, 0.05) is 23.4 Å². The minimum Gasteiger partial charge on any atom is -0.482 e. The van der Waals surface area contributed by atoms with Crippen molar-refractivity contribution in [3.8, 4) is 5.75 Å². The highest BCUT2D eigenvalue weighted by Crippen LogP contribution is 2.32. The molecule has 1 aliphatic rings. The lowest BCUT2D eigenvalue weighted by atomic mass is 9.93. The summed E-state index contributed by atoms with van der Waals surface area (Å²) >= 11 is 0. The molecule has 0 aliphatic carbocycles. The van der Waals surface area contributed by atoms with E-state index in [1.54, 1.807) is 42.6 Å². The number of benzene rings is 1. The Kier molecular flexibility index (Phi) is 4.86. The number of amides is 2. The van der Waals surface area contributed by atoms with Crippen molar-refractivity contribution < 1.29 is 18.8 Å². The quantitative estimate of drug-likeness (QED) is 0.603. The Morgan fingerprint density at radius 2 is 2.03 bits per heavy atom. The Morgan fingerprint density at radius 1 is 1.20 bits per heavy atom. The molecule has 3 aromatic rings. The van der Waals surface area contributed by atoms with Crippen molar-refractivity contribution in [2.45, 2.75) is 26.2 Å². The molecule has 1 aromatic carbocycles. The summed E-state index contributed by atoms with van der Waals surface area (Å²) in [6, 6.07) is 10.3. The first kappa shape index (κ1) is 19.4. The molecule has 0 bridgehead atoms. The minimum atomic E-state index is -0.381. The van der Waals surface area contributed by atoms with Gasteiger partial charge in [-0.3, -0.25) is 9.59 Å². The summed E-state index contributed by atoms with van der Waals surface area (Å²) in [6.07, 6.45) is 1.58. The van der Waals surface area contributed by atoms with Crippen LogP contribution in [0.2, 0.25) is 0 Å². The Morgan fingerprint density at radius 3 is 2.80 bits per heavy atom. The van der Waals surface area contributed by atoms with Gasteiger partial charge in [-0.2, -0.15) is 0 Å². The number of nitrogens with one attached hydrogen (secondary N) is 3. The summed E-state index contributed by atoms with van der Waals surface area (Å²) in [5.41, 5.74) is 1.30. The van der Waals surface area contributed by atoms with Crippen molar-refractivity contribution in [2.75, 3.05) is 22.6 Å². The molecule has 30 heavy (non-hydrogen) atoms. The lowest BCUT2D eigenvalue weighted by Crippen LogP contribution is -2.25. The molecule has 0 saturated heterocycles. The van der Waals surface area contributed by atoms with E-state index in [0.29, 0.717) is 40.1 Å². The highest BCUT2D eigenvalue weighted by atomic mass is 16.5. The van der Waals surface area contributed by atoms with Crippen molar-refractivity contribution in [2.24, 2.45) is 0 Å². The van der Waals surface area contributed by atoms with Gasteiger partial charge in [0.1, 0.15) is 17.3 Å². The van der Waals surface area contributed by atoms with Crippen LogP contribution in [0, 0.1) is 0 Å². The number of fused-ring (bicyclic) bond motifs is 1. The summed E-state index contributed by atoms with van der Waals surface area (Å²) in [5, 5.41) is 12.5. The van der Waals surface area contributed by atoms with Crippen LogP contribution in [0.4, 0.5) is 23.0 Å². The van der Waals surface area contributed by atoms with Crippen LogP contribution >= 0.6 is 0 Å². The van der Waals surface area contributed by atoms with Crippen LogP contribution in [0.1, 0.15) is 36.9 Å². The molecule has 3 heterocycles. The van der Waals surface area contributed by atoms with Crippen LogP contribution < -0.4 is 20.7 Å². The molecule has 0 saturated carbocycles. The zero-order valence-corrected chi connectivity index (χ0v) is 16.8. The van der Waals surface area contributed by atoms with Gasteiger partial charge in [0.05, 0.1) is 11.3 Å². The number of carbonyl (C=O) groups is 2. The van der Waals surface area contributed by atoms with Gasteiger partial charge < -0.3 is 25.2 Å². The van der Waals surface area contributed by atoms with Gasteiger partial charge in [0.15, 0.2) is 12.4 Å². The predicted octanol–water partition coefficient (Wildman–Crippen LogP) is 3.69. The maximum Gasteiger partial charge on any atom is 0.262 e. The highest BCUT2D eigenvalue weighted by molar-refractivity contribution is 6.07. The predicted molar refractivity (Wildman–Crippen MR) is 111 cm³/mol. The van der Waals surface area contributed by atoms with E-state index in [0.717, 1.165) is 0 Å². The standard InChI is InChI=1S/C21H21N5O4/c1-21(2,3)16-10-17(26-30-16)25-20(28)13-5-4-8-22-19(13)23-12-6-7-15-14(9-12)24-18(27)11-29-15/h4-10H,11H2,1-3H3,(H,22,23)(H,24,27)(H,25,26,28). The number of ether oxygens (including phenoxy) is 1. The Bertz CT molecular complexity index is 1120. The van der Waals surface area contributed by atoms with Gasteiger partial charge in [-0.25, -0.2) is 4.98 Å². The van der Waals surface area contributed by atoms with Crippen LogP contribution in [0.25, 0.3) is 0 Å². The second-order valence-electron chi connectivity index (χ2n) is 7.85. The minimum absolute atomic E-state index is 0.0106. The smallest absolute Gasteiger partial charge is 0.262 e. The van der Waals surface area contributed by atoms with Gasteiger partial charge >= 0.3 is 0 Å². The van der Waals surface area contributed by atoms with Crippen molar-refractivity contribution in [1.29, 1.82) is 0 Å². The molecule has 0 spiro atoms. The molecule has 0 unspecified atom stereocenters. The fourth-order valence-corrected chi connectivity index (χ4v) is 2.86. The molecule has 2 amide bonds. The maximum atomic E-state index is 12.8. The number of carbonyl (C=O) groups excluding carboxylic acids is 2. The molecule has 0 fully saturated rings. The molecular formula is C21H21N5O4. The number of hydrogen-bond donors (Lipinski definition) is 3. The second-order valence-corrected chi connectivity index (χ2v) is 7.85. The first-order chi connectivity index (χ1) is 14.3. The normalized spacial score (nSPS) is 13.1. The molecule has 3 N–H and O–H groups in total. The van der Waals surface area contributed by atoms with Crippen LogP contribution in [0.5, 0.6) is 5.75 Å². The Labute approximate surface area is 172 Å². The zero-order chi connectivity index (χ0) is 21.3. The van der Waals surface area contributed by atoms with Crippen molar-refractivity contribution in [3.63, 3.8) is 0 Å². The number of pyridine rings is 1. The number of anilines is 4.